The largest absolute Gasteiger partial charge is 0.337 e. The summed E-state index contributed by atoms with van der Waals surface area (Å²) < 4.78 is 0. The number of rotatable bonds is 2. The molecule has 106 valence electrons. The number of H-pyrrole nitrogens is 1. The van der Waals surface area contributed by atoms with Gasteiger partial charge in [-0.2, -0.15) is 4.98 Å². The molecule has 0 spiro atoms. The lowest BCUT2D eigenvalue weighted by molar-refractivity contribution is 0.480. The van der Waals surface area contributed by atoms with Gasteiger partial charge in [-0.1, -0.05) is 11.6 Å². The van der Waals surface area contributed by atoms with Crippen molar-refractivity contribution in [3.63, 3.8) is 0 Å². The fraction of sp³-hybridized carbons (Fsp3) is 0.429. The van der Waals surface area contributed by atoms with Crippen molar-refractivity contribution in [1.29, 1.82) is 0 Å². The van der Waals surface area contributed by atoms with E-state index in [2.05, 4.69) is 32.3 Å². The van der Waals surface area contributed by atoms with Gasteiger partial charge in [0.05, 0.1) is 0 Å². The summed E-state index contributed by atoms with van der Waals surface area (Å²) in [5.41, 5.74) is 2.05. The number of nitrogens with zero attached hydrogens (tertiary/aromatic N) is 3. The summed E-state index contributed by atoms with van der Waals surface area (Å²) in [4.78, 5) is 6.80. The van der Waals surface area contributed by atoms with Gasteiger partial charge in [-0.15, -0.1) is 5.10 Å². The zero-order valence-electron chi connectivity index (χ0n) is 11.7. The minimum absolute atomic E-state index is 0.462. The van der Waals surface area contributed by atoms with Crippen molar-refractivity contribution in [2.75, 3.05) is 24.5 Å². The quantitative estimate of drug-likeness (QED) is 0.891. The average molecular weight is 292 g/mol. The maximum absolute atomic E-state index is 6.05. The maximum atomic E-state index is 6.05. The number of piperazine rings is 1. The molecule has 1 aromatic carbocycles. The van der Waals surface area contributed by atoms with Crippen LogP contribution in [-0.2, 0) is 0 Å². The molecule has 1 saturated heterocycles. The Labute approximate surface area is 123 Å². The first-order valence-corrected chi connectivity index (χ1v) is 7.18. The summed E-state index contributed by atoms with van der Waals surface area (Å²) in [6, 6.07) is 6.33. The molecule has 5 nitrogen and oxygen atoms in total. The molecule has 6 heteroatoms. The molecular weight excluding hydrogens is 274 g/mol. The molecule has 0 amide bonds. The van der Waals surface area contributed by atoms with Gasteiger partial charge in [0.15, 0.2) is 5.82 Å². The van der Waals surface area contributed by atoms with E-state index in [-0.39, 0.29) is 0 Å². The minimum atomic E-state index is 0.462. The Bertz CT molecular complexity index is 609. The van der Waals surface area contributed by atoms with E-state index < -0.39 is 0 Å². The first-order valence-electron chi connectivity index (χ1n) is 6.81. The standard InChI is InChI=1S/C14H18ClN5/c1-9-7-11(3-4-12(9)15)13-17-14(19-18-13)20-6-5-16-10(2)8-20/h3-4,7,10,16H,5-6,8H2,1-2H3,(H,17,18,19). The van der Waals surface area contributed by atoms with E-state index in [1.807, 2.05) is 25.1 Å². The zero-order chi connectivity index (χ0) is 14.1. The second kappa shape index (κ2) is 5.42. The van der Waals surface area contributed by atoms with Crippen LogP contribution in [0.1, 0.15) is 12.5 Å². The van der Waals surface area contributed by atoms with E-state index in [0.717, 1.165) is 47.6 Å². The van der Waals surface area contributed by atoms with Crippen LogP contribution in [0, 0.1) is 6.92 Å². The number of aromatic nitrogens is 3. The van der Waals surface area contributed by atoms with Gasteiger partial charge in [0.2, 0.25) is 5.95 Å². The average Bonchev–Trinajstić information content (AvgIpc) is 2.92. The van der Waals surface area contributed by atoms with Gasteiger partial charge < -0.3 is 10.2 Å². The molecule has 1 atom stereocenters. The molecule has 2 heterocycles. The Morgan fingerprint density at radius 3 is 3.00 bits per heavy atom. The molecule has 1 aliphatic rings. The van der Waals surface area contributed by atoms with Crippen molar-refractivity contribution in [3.05, 3.63) is 28.8 Å². The number of hydrogen-bond acceptors (Lipinski definition) is 4. The van der Waals surface area contributed by atoms with Crippen molar-refractivity contribution >= 4 is 17.5 Å². The Kier molecular flexibility index (Phi) is 3.63. The molecular formula is C14H18ClN5. The van der Waals surface area contributed by atoms with Crippen molar-refractivity contribution in [1.82, 2.24) is 20.5 Å². The van der Waals surface area contributed by atoms with E-state index in [0.29, 0.717) is 6.04 Å². The number of hydrogen-bond donors (Lipinski definition) is 2. The highest BCUT2D eigenvalue weighted by molar-refractivity contribution is 6.31. The van der Waals surface area contributed by atoms with Gasteiger partial charge in [-0.25, -0.2) is 0 Å². The van der Waals surface area contributed by atoms with Gasteiger partial charge in [-0.05, 0) is 37.6 Å². The molecule has 1 aliphatic heterocycles. The van der Waals surface area contributed by atoms with Crippen LogP contribution in [0.15, 0.2) is 18.2 Å². The van der Waals surface area contributed by atoms with Crippen LogP contribution in [-0.4, -0.2) is 40.9 Å². The van der Waals surface area contributed by atoms with Crippen LogP contribution in [0.5, 0.6) is 0 Å². The SMILES string of the molecule is Cc1cc(-c2nc(N3CCNC(C)C3)n[nH]2)ccc1Cl. The Morgan fingerprint density at radius 2 is 2.25 bits per heavy atom. The molecule has 1 aromatic heterocycles. The van der Waals surface area contributed by atoms with E-state index in [4.69, 9.17) is 11.6 Å². The number of aryl methyl sites for hydroxylation is 1. The van der Waals surface area contributed by atoms with E-state index >= 15 is 0 Å². The number of anilines is 1. The van der Waals surface area contributed by atoms with Crippen molar-refractivity contribution in [2.24, 2.45) is 0 Å². The zero-order valence-corrected chi connectivity index (χ0v) is 12.4. The molecule has 2 aromatic rings. The molecule has 2 N–H and O–H groups in total. The summed E-state index contributed by atoms with van der Waals surface area (Å²) in [6.45, 7) is 6.98. The highest BCUT2D eigenvalue weighted by Crippen LogP contribution is 2.23. The third kappa shape index (κ3) is 2.64. The third-order valence-electron chi connectivity index (χ3n) is 3.56. The Balaban J connectivity index is 1.84. The molecule has 0 saturated carbocycles. The molecule has 1 unspecified atom stereocenters. The van der Waals surface area contributed by atoms with E-state index in [9.17, 15) is 0 Å². The van der Waals surface area contributed by atoms with Crippen LogP contribution < -0.4 is 10.2 Å². The van der Waals surface area contributed by atoms with Gasteiger partial charge in [0, 0.05) is 36.3 Å². The molecule has 0 aliphatic carbocycles. The monoisotopic (exact) mass is 291 g/mol. The molecule has 3 rings (SSSR count). The first kappa shape index (κ1) is 13.4. The number of halogens is 1. The van der Waals surface area contributed by atoms with Crippen LogP contribution in [0.3, 0.4) is 0 Å². The summed E-state index contributed by atoms with van der Waals surface area (Å²) in [5, 5.41) is 11.5. The molecule has 1 fully saturated rings. The molecule has 0 radical (unpaired) electrons. The highest BCUT2D eigenvalue weighted by atomic mass is 35.5. The van der Waals surface area contributed by atoms with Crippen molar-refractivity contribution in [2.45, 2.75) is 19.9 Å². The van der Waals surface area contributed by atoms with Crippen LogP contribution >= 0.6 is 11.6 Å². The summed E-state index contributed by atoms with van der Waals surface area (Å²) in [6.07, 6.45) is 0. The topological polar surface area (TPSA) is 56.8 Å². The Hall–Kier alpha value is -1.59. The van der Waals surface area contributed by atoms with E-state index in [1.165, 1.54) is 0 Å². The molecule has 0 bridgehead atoms. The summed E-state index contributed by atoms with van der Waals surface area (Å²) in [7, 11) is 0. The lowest BCUT2D eigenvalue weighted by Gasteiger charge is -2.30. The fourth-order valence-corrected chi connectivity index (χ4v) is 2.55. The summed E-state index contributed by atoms with van der Waals surface area (Å²) in [5.74, 6) is 1.55. The van der Waals surface area contributed by atoms with Crippen LogP contribution in [0.4, 0.5) is 5.95 Å². The first-order chi connectivity index (χ1) is 9.63. The predicted octanol–water partition coefficient (Wildman–Crippen LogP) is 2.23. The van der Waals surface area contributed by atoms with Crippen molar-refractivity contribution < 1.29 is 0 Å². The minimum Gasteiger partial charge on any atom is -0.337 e. The maximum Gasteiger partial charge on any atom is 0.245 e. The smallest absolute Gasteiger partial charge is 0.245 e. The summed E-state index contributed by atoms with van der Waals surface area (Å²) >= 11 is 6.05. The van der Waals surface area contributed by atoms with Gasteiger partial charge in [0.25, 0.3) is 0 Å². The van der Waals surface area contributed by atoms with Crippen molar-refractivity contribution in [3.8, 4) is 11.4 Å². The van der Waals surface area contributed by atoms with Crippen LogP contribution in [0.2, 0.25) is 5.02 Å². The normalized spacial score (nSPS) is 19.4. The number of benzene rings is 1. The lowest BCUT2D eigenvalue weighted by Crippen LogP contribution is -2.49. The van der Waals surface area contributed by atoms with E-state index in [1.54, 1.807) is 0 Å². The highest BCUT2D eigenvalue weighted by Gasteiger charge is 2.19. The number of aromatic amines is 1. The van der Waals surface area contributed by atoms with Crippen LogP contribution in [0.25, 0.3) is 11.4 Å². The predicted molar refractivity (Wildman–Crippen MR) is 81.2 cm³/mol. The Morgan fingerprint density at radius 1 is 1.40 bits per heavy atom. The number of nitrogens with one attached hydrogen (secondary N) is 2. The molecule has 20 heavy (non-hydrogen) atoms. The third-order valence-corrected chi connectivity index (χ3v) is 3.98. The van der Waals surface area contributed by atoms with Gasteiger partial charge >= 0.3 is 0 Å². The van der Waals surface area contributed by atoms with Gasteiger partial charge in [-0.3, -0.25) is 5.10 Å². The lowest BCUT2D eigenvalue weighted by atomic mass is 10.1. The second-order valence-electron chi connectivity index (χ2n) is 5.25. The van der Waals surface area contributed by atoms with Gasteiger partial charge in [0.1, 0.15) is 0 Å². The fourth-order valence-electron chi connectivity index (χ4n) is 2.43. The second-order valence-corrected chi connectivity index (χ2v) is 5.66.